The number of ether oxygens (including phenoxy) is 1. The Morgan fingerprint density at radius 2 is 2.00 bits per heavy atom. The fourth-order valence-electron chi connectivity index (χ4n) is 2.37. The number of rotatable bonds is 6. The predicted molar refractivity (Wildman–Crippen MR) is 84.5 cm³/mol. The van der Waals surface area contributed by atoms with Crippen LogP contribution < -0.4 is 4.72 Å². The van der Waals surface area contributed by atoms with Gasteiger partial charge in [-0.25, -0.2) is 17.9 Å². The lowest BCUT2D eigenvalue weighted by Gasteiger charge is -2.20. The van der Waals surface area contributed by atoms with Crippen molar-refractivity contribution in [3.63, 3.8) is 0 Å². The molecule has 1 aliphatic rings. The normalized spacial score (nSPS) is 18.0. The van der Waals surface area contributed by atoms with Gasteiger partial charge in [-0.3, -0.25) is 4.79 Å². The monoisotopic (exact) mass is 350 g/mol. The van der Waals surface area contributed by atoms with Crippen LogP contribution in [-0.2, 0) is 19.6 Å². The summed E-state index contributed by atoms with van der Waals surface area (Å²) in [6.45, 7) is 0.0203. The van der Waals surface area contributed by atoms with Gasteiger partial charge in [-0.05, 0) is 43.5 Å². The van der Waals surface area contributed by atoms with Gasteiger partial charge in [0.1, 0.15) is 0 Å². The molecule has 0 bridgehead atoms. The zero-order chi connectivity index (χ0) is 17.6. The molecule has 7 nitrogen and oxygen atoms in total. The van der Waals surface area contributed by atoms with Crippen molar-refractivity contribution in [2.45, 2.75) is 43.1 Å². The van der Waals surface area contributed by atoms with Crippen molar-refractivity contribution in [1.29, 1.82) is 5.26 Å². The molecule has 128 valence electrons. The molecule has 1 saturated carbocycles. The molecule has 0 unspecified atom stereocenters. The molecule has 8 heteroatoms. The molecule has 24 heavy (non-hydrogen) atoms. The van der Waals surface area contributed by atoms with E-state index in [4.69, 9.17) is 10.00 Å². The van der Waals surface area contributed by atoms with Gasteiger partial charge in [-0.2, -0.15) is 5.26 Å². The Morgan fingerprint density at radius 3 is 2.62 bits per heavy atom. The number of nitriles is 1. The number of carbonyl (C=O) groups excluding carboxylic acids is 2. The molecular formula is C16H18N2O5S. The van der Waals surface area contributed by atoms with Gasteiger partial charge in [0, 0.05) is 19.4 Å². The van der Waals surface area contributed by atoms with Crippen LogP contribution in [0.25, 0.3) is 0 Å². The maximum Gasteiger partial charge on any atom is 0.338 e. The Balaban J connectivity index is 2.02. The number of hydrogen-bond donors (Lipinski definition) is 1. The summed E-state index contributed by atoms with van der Waals surface area (Å²) in [6.07, 6.45) is 1.97. The van der Waals surface area contributed by atoms with Crippen LogP contribution in [0.5, 0.6) is 0 Å². The van der Waals surface area contributed by atoms with Crippen molar-refractivity contribution >= 4 is 21.8 Å². The van der Waals surface area contributed by atoms with Crippen molar-refractivity contribution in [2.75, 3.05) is 6.54 Å². The van der Waals surface area contributed by atoms with Gasteiger partial charge in [0.2, 0.25) is 10.0 Å². The largest absolute Gasteiger partial charge is 0.451 e. The molecular weight excluding hydrogens is 332 g/mol. The Bertz CT molecular complexity index is 750. The Labute approximate surface area is 140 Å². The highest BCUT2D eigenvalue weighted by Crippen LogP contribution is 2.19. The van der Waals surface area contributed by atoms with E-state index in [-0.39, 0.29) is 29.2 Å². The summed E-state index contributed by atoms with van der Waals surface area (Å²) in [5.74, 6) is -0.716. The lowest BCUT2D eigenvalue weighted by Crippen LogP contribution is -2.30. The molecule has 1 aromatic carbocycles. The molecule has 1 N–H and O–H groups in total. The Kier molecular flexibility index (Phi) is 6.06. The van der Waals surface area contributed by atoms with E-state index in [1.807, 2.05) is 6.07 Å². The molecule has 1 fully saturated rings. The number of carbonyl (C=O) groups is 2. The number of sulfonamides is 1. The Morgan fingerprint density at radius 1 is 1.29 bits per heavy atom. The van der Waals surface area contributed by atoms with E-state index in [2.05, 4.69) is 4.72 Å². The first-order valence-electron chi connectivity index (χ1n) is 7.64. The molecule has 0 radical (unpaired) electrons. The highest BCUT2D eigenvalue weighted by Gasteiger charge is 2.26. The lowest BCUT2D eigenvalue weighted by atomic mass is 9.96. The van der Waals surface area contributed by atoms with Crippen molar-refractivity contribution in [2.24, 2.45) is 0 Å². The number of esters is 1. The first-order chi connectivity index (χ1) is 11.4. The summed E-state index contributed by atoms with van der Waals surface area (Å²) in [4.78, 5) is 23.7. The van der Waals surface area contributed by atoms with Crippen LogP contribution in [0.15, 0.2) is 29.2 Å². The lowest BCUT2D eigenvalue weighted by molar-refractivity contribution is -0.129. The van der Waals surface area contributed by atoms with Crippen molar-refractivity contribution in [3.8, 4) is 6.07 Å². The minimum absolute atomic E-state index is 0.00858. The fraction of sp³-hybridized carbons (Fsp3) is 0.438. The van der Waals surface area contributed by atoms with Crippen molar-refractivity contribution < 1.29 is 22.7 Å². The van der Waals surface area contributed by atoms with E-state index in [1.165, 1.54) is 24.3 Å². The summed E-state index contributed by atoms with van der Waals surface area (Å²) in [6, 6.07) is 7.10. The van der Waals surface area contributed by atoms with Gasteiger partial charge >= 0.3 is 5.97 Å². The van der Waals surface area contributed by atoms with E-state index in [0.29, 0.717) is 12.8 Å². The predicted octanol–water partition coefficient (Wildman–Crippen LogP) is 1.55. The van der Waals surface area contributed by atoms with Gasteiger partial charge < -0.3 is 4.74 Å². The smallest absolute Gasteiger partial charge is 0.338 e. The zero-order valence-electron chi connectivity index (χ0n) is 13.0. The highest BCUT2D eigenvalue weighted by molar-refractivity contribution is 7.89. The van der Waals surface area contributed by atoms with Crippen LogP contribution >= 0.6 is 0 Å². The topological polar surface area (TPSA) is 113 Å². The standard InChI is InChI=1S/C16H18N2O5S/c17-10-3-11-18-24(21,22)13-8-6-12(7-9-13)16(20)23-15-5-2-1-4-14(15)19/h6-9,15,18H,1-5,11H2/t15-/m0/s1. The third-order valence-electron chi connectivity index (χ3n) is 3.68. The van der Waals surface area contributed by atoms with E-state index in [0.717, 1.165) is 12.8 Å². The number of Topliss-reactive ketones (excluding diaryl/α,β-unsaturated/α-hetero) is 1. The quantitative estimate of drug-likeness (QED) is 0.615. The molecule has 0 heterocycles. The number of nitrogens with one attached hydrogen (secondary N) is 1. The van der Waals surface area contributed by atoms with Crippen LogP contribution in [0.4, 0.5) is 0 Å². The second-order valence-corrected chi connectivity index (χ2v) is 7.20. The molecule has 1 atom stereocenters. The molecule has 0 amide bonds. The highest BCUT2D eigenvalue weighted by atomic mass is 32.2. The summed E-state index contributed by atoms with van der Waals surface area (Å²) in [5.41, 5.74) is 0.185. The van der Waals surface area contributed by atoms with Crippen LogP contribution in [0.3, 0.4) is 0 Å². The molecule has 1 aromatic rings. The maximum atomic E-state index is 12.1. The number of benzene rings is 1. The maximum absolute atomic E-state index is 12.1. The van der Waals surface area contributed by atoms with Gasteiger partial charge in [-0.15, -0.1) is 0 Å². The van der Waals surface area contributed by atoms with Gasteiger partial charge in [-0.1, -0.05) is 0 Å². The molecule has 0 aliphatic heterocycles. The number of ketones is 1. The zero-order valence-corrected chi connectivity index (χ0v) is 13.8. The fourth-order valence-corrected chi connectivity index (χ4v) is 3.40. The second-order valence-electron chi connectivity index (χ2n) is 5.44. The minimum Gasteiger partial charge on any atom is -0.451 e. The van der Waals surface area contributed by atoms with E-state index in [1.54, 1.807) is 0 Å². The van der Waals surface area contributed by atoms with Crippen LogP contribution in [0.2, 0.25) is 0 Å². The average molecular weight is 350 g/mol. The molecule has 0 spiro atoms. The molecule has 0 aromatic heterocycles. The first kappa shape index (κ1) is 18.1. The summed E-state index contributed by atoms with van der Waals surface area (Å²) in [5, 5.41) is 8.42. The van der Waals surface area contributed by atoms with Crippen molar-refractivity contribution in [1.82, 2.24) is 4.72 Å². The van der Waals surface area contributed by atoms with Gasteiger partial charge in [0.15, 0.2) is 11.9 Å². The number of hydrogen-bond acceptors (Lipinski definition) is 6. The summed E-state index contributed by atoms with van der Waals surface area (Å²) in [7, 11) is -3.72. The van der Waals surface area contributed by atoms with Gasteiger partial charge in [0.25, 0.3) is 0 Å². The van der Waals surface area contributed by atoms with Gasteiger partial charge in [0.05, 0.1) is 16.5 Å². The summed E-state index contributed by atoms with van der Waals surface area (Å²) >= 11 is 0. The Hall–Kier alpha value is -2.24. The minimum atomic E-state index is -3.72. The molecule has 2 rings (SSSR count). The SMILES string of the molecule is N#CCCNS(=O)(=O)c1ccc(C(=O)O[C@H]2CCCCC2=O)cc1. The second kappa shape index (κ2) is 8.04. The van der Waals surface area contributed by atoms with Crippen LogP contribution in [0, 0.1) is 11.3 Å². The van der Waals surface area contributed by atoms with Crippen LogP contribution in [0.1, 0.15) is 42.5 Å². The van der Waals surface area contributed by atoms with E-state index in [9.17, 15) is 18.0 Å². The third-order valence-corrected chi connectivity index (χ3v) is 5.15. The van der Waals surface area contributed by atoms with E-state index >= 15 is 0 Å². The number of nitrogens with zero attached hydrogens (tertiary/aromatic N) is 1. The third kappa shape index (κ3) is 4.63. The van der Waals surface area contributed by atoms with Crippen LogP contribution in [-0.4, -0.2) is 32.8 Å². The average Bonchev–Trinajstić information content (AvgIpc) is 2.57. The van der Waals surface area contributed by atoms with E-state index < -0.39 is 22.1 Å². The molecule has 0 saturated heterocycles. The summed E-state index contributed by atoms with van der Waals surface area (Å²) < 4.78 is 31.4. The molecule has 1 aliphatic carbocycles. The van der Waals surface area contributed by atoms with Crippen molar-refractivity contribution in [3.05, 3.63) is 29.8 Å². The first-order valence-corrected chi connectivity index (χ1v) is 9.13.